The van der Waals surface area contributed by atoms with Gasteiger partial charge in [-0.25, -0.2) is 0 Å². The standard InChI is InChI=1S/C29H29NO4S/c1-6-7-20(31)17-12-13-35-24(17)14-23-26-18(27-22(34-23)11-10-21(32)28(27)33-5)8-9-19-25(26)16(2)15-29(3,4)30-19/h6,8-15,20,30-32H,1,7H2,2-5H3/t20-/m0/s1. The largest absolute Gasteiger partial charge is 0.504 e. The highest BCUT2D eigenvalue weighted by Gasteiger charge is 2.33. The molecular weight excluding hydrogens is 458 g/mol. The molecule has 0 bridgehead atoms. The van der Waals surface area contributed by atoms with Gasteiger partial charge in [0.25, 0.3) is 0 Å². The lowest BCUT2D eigenvalue weighted by Gasteiger charge is -2.35. The summed E-state index contributed by atoms with van der Waals surface area (Å²) in [7, 11) is 1.55. The Kier molecular flexibility index (Phi) is 5.74. The second kappa shape index (κ2) is 8.63. The highest BCUT2D eigenvalue weighted by Crippen LogP contribution is 2.54. The van der Waals surface area contributed by atoms with Gasteiger partial charge < -0.3 is 25.0 Å². The zero-order chi connectivity index (χ0) is 24.9. The molecule has 2 aromatic carbocycles. The van der Waals surface area contributed by atoms with Crippen LogP contribution in [0.4, 0.5) is 5.69 Å². The predicted octanol–water partition coefficient (Wildman–Crippen LogP) is 7.24. The van der Waals surface area contributed by atoms with E-state index in [-0.39, 0.29) is 11.3 Å². The minimum Gasteiger partial charge on any atom is -0.504 e. The maximum absolute atomic E-state index is 10.7. The Morgan fingerprint density at radius 1 is 1.17 bits per heavy atom. The molecule has 0 fully saturated rings. The summed E-state index contributed by atoms with van der Waals surface area (Å²) >= 11 is 1.56. The number of aromatic hydroxyl groups is 1. The number of aliphatic hydroxyl groups excluding tert-OH is 1. The molecule has 6 heteroatoms. The molecule has 0 spiro atoms. The molecule has 180 valence electrons. The van der Waals surface area contributed by atoms with Crippen molar-refractivity contribution in [1.82, 2.24) is 0 Å². The van der Waals surface area contributed by atoms with E-state index in [1.165, 1.54) is 0 Å². The first-order chi connectivity index (χ1) is 16.7. The van der Waals surface area contributed by atoms with Crippen LogP contribution in [0.25, 0.3) is 28.5 Å². The number of aliphatic hydroxyl groups is 1. The molecule has 0 amide bonds. The average molecular weight is 488 g/mol. The van der Waals surface area contributed by atoms with E-state index in [0.717, 1.165) is 44.0 Å². The van der Waals surface area contributed by atoms with Crippen molar-refractivity contribution in [3.63, 3.8) is 0 Å². The van der Waals surface area contributed by atoms with Crippen molar-refractivity contribution in [2.24, 2.45) is 0 Å². The van der Waals surface area contributed by atoms with Crippen molar-refractivity contribution in [1.29, 1.82) is 0 Å². The van der Waals surface area contributed by atoms with Crippen LogP contribution in [0.2, 0.25) is 0 Å². The van der Waals surface area contributed by atoms with Gasteiger partial charge in [-0.2, -0.15) is 0 Å². The molecule has 5 rings (SSSR count). The maximum Gasteiger partial charge on any atom is 0.172 e. The monoisotopic (exact) mass is 487 g/mol. The molecule has 3 heterocycles. The molecule has 0 saturated carbocycles. The highest BCUT2D eigenvalue weighted by atomic mass is 32.1. The van der Waals surface area contributed by atoms with E-state index in [0.29, 0.717) is 23.7 Å². The Balaban J connectivity index is 1.79. The van der Waals surface area contributed by atoms with Crippen LogP contribution in [0.3, 0.4) is 0 Å². The number of fused-ring (bicyclic) bond motifs is 5. The normalized spacial score (nSPS) is 17.3. The van der Waals surface area contributed by atoms with E-state index in [9.17, 15) is 10.2 Å². The zero-order valence-corrected chi connectivity index (χ0v) is 21.1. The SMILES string of the molecule is C=CC[C@H](O)c1ccsc1C=C1Oc2ccc(O)c(OC)c2-c2ccc3c(c21)C(C)=CC(C)(C)N3. The third kappa shape index (κ3) is 3.93. The number of hydrogen-bond donors (Lipinski definition) is 3. The number of hydrogen-bond acceptors (Lipinski definition) is 6. The van der Waals surface area contributed by atoms with Gasteiger partial charge in [0.15, 0.2) is 11.5 Å². The third-order valence-electron chi connectivity index (χ3n) is 6.41. The van der Waals surface area contributed by atoms with E-state index in [1.54, 1.807) is 36.7 Å². The first-order valence-electron chi connectivity index (χ1n) is 11.6. The number of thiophene rings is 1. The number of benzene rings is 2. The van der Waals surface area contributed by atoms with Gasteiger partial charge in [-0.05, 0) is 74.1 Å². The van der Waals surface area contributed by atoms with Gasteiger partial charge in [-0.15, -0.1) is 17.9 Å². The fourth-order valence-corrected chi connectivity index (χ4v) is 5.95. The molecule has 1 atom stereocenters. The number of anilines is 1. The Hall–Kier alpha value is -3.48. The van der Waals surface area contributed by atoms with E-state index in [2.05, 4.69) is 50.9 Å². The summed E-state index contributed by atoms with van der Waals surface area (Å²) in [6.45, 7) is 10.2. The van der Waals surface area contributed by atoms with E-state index >= 15 is 0 Å². The summed E-state index contributed by atoms with van der Waals surface area (Å²) in [5.74, 6) is 1.73. The summed E-state index contributed by atoms with van der Waals surface area (Å²) < 4.78 is 12.1. The lowest BCUT2D eigenvalue weighted by Crippen LogP contribution is -2.32. The van der Waals surface area contributed by atoms with E-state index in [4.69, 9.17) is 9.47 Å². The number of ether oxygens (including phenoxy) is 2. The van der Waals surface area contributed by atoms with Gasteiger partial charge in [0.1, 0.15) is 11.5 Å². The van der Waals surface area contributed by atoms with E-state index < -0.39 is 6.10 Å². The summed E-state index contributed by atoms with van der Waals surface area (Å²) in [4.78, 5) is 0.929. The smallest absolute Gasteiger partial charge is 0.172 e. The van der Waals surface area contributed by atoms with Crippen LogP contribution < -0.4 is 14.8 Å². The second-order valence-electron chi connectivity index (χ2n) is 9.47. The van der Waals surface area contributed by atoms with Crippen molar-refractivity contribution in [3.8, 4) is 28.4 Å². The molecule has 0 unspecified atom stereocenters. The number of phenols is 1. The summed E-state index contributed by atoms with van der Waals surface area (Å²) in [5.41, 5.74) is 6.43. The fraction of sp³-hybridized carbons (Fsp3) is 0.241. The van der Waals surface area contributed by atoms with Gasteiger partial charge >= 0.3 is 0 Å². The molecule has 3 N–H and O–H groups in total. The average Bonchev–Trinajstić information content (AvgIpc) is 3.26. The summed E-state index contributed by atoms with van der Waals surface area (Å²) in [6.07, 6.45) is 5.78. The van der Waals surface area contributed by atoms with Gasteiger partial charge in [0.05, 0.1) is 24.3 Å². The number of nitrogens with one attached hydrogen (secondary N) is 1. The van der Waals surface area contributed by atoms with Crippen LogP contribution in [-0.4, -0.2) is 22.9 Å². The van der Waals surface area contributed by atoms with Crippen LogP contribution in [-0.2, 0) is 0 Å². The Morgan fingerprint density at radius 2 is 1.97 bits per heavy atom. The van der Waals surface area contributed by atoms with Crippen LogP contribution in [0.1, 0.15) is 54.9 Å². The first-order valence-corrected chi connectivity index (χ1v) is 12.4. The molecule has 2 aliphatic rings. The minimum absolute atomic E-state index is 0.0607. The van der Waals surface area contributed by atoms with Crippen LogP contribution in [0, 0.1) is 0 Å². The molecular formula is C29H29NO4S. The van der Waals surface area contributed by atoms with E-state index in [1.807, 2.05) is 17.5 Å². The van der Waals surface area contributed by atoms with Crippen molar-refractivity contribution < 1.29 is 19.7 Å². The predicted molar refractivity (Wildman–Crippen MR) is 144 cm³/mol. The van der Waals surface area contributed by atoms with Crippen LogP contribution in [0.5, 0.6) is 17.2 Å². The van der Waals surface area contributed by atoms with Crippen LogP contribution in [0.15, 0.2) is 54.4 Å². The summed E-state index contributed by atoms with van der Waals surface area (Å²) in [5, 5.41) is 26.8. The molecule has 3 aromatic rings. The molecule has 35 heavy (non-hydrogen) atoms. The molecule has 1 aromatic heterocycles. The summed E-state index contributed by atoms with van der Waals surface area (Å²) in [6, 6.07) is 9.41. The number of rotatable bonds is 5. The second-order valence-corrected chi connectivity index (χ2v) is 10.4. The molecule has 0 saturated heterocycles. The molecule has 0 radical (unpaired) electrons. The lowest BCUT2D eigenvalue weighted by molar-refractivity contribution is 0.182. The van der Waals surface area contributed by atoms with Crippen molar-refractivity contribution in [2.45, 2.75) is 38.8 Å². The molecule has 2 aliphatic heterocycles. The van der Waals surface area contributed by atoms with Crippen molar-refractivity contribution in [3.05, 3.63) is 76.0 Å². The molecule has 0 aliphatic carbocycles. The number of methoxy groups -OCH3 is 1. The highest BCUT2D eigenvalue weighted by molar-refractivity contribution is 7.11. The van der Waals surface area contributed by atoms with Gasteiger partial charge in [-0.3, -0.25) is 0 Å². The lowest BCUT2D eigenvalue weighted by atomic mass is 9.83. The Morgan fingerprint density at radius 3 is 2.71 bits per heavy atom. The number of phenolic OH excluding ortho intramolecular Hbond substituents is 1. The Labute approximate surface area is 209 Å². The zero-order valence-electron chi connectivity index (χ0n) is 20.3. The maximum atomic E-state index is 10.7. The van der Waals surface area contributed by atoms with Gasteiger partial charge in [0, 0.05) is 27.3 Å². The minimum atomic E-state index is -0.633. The third-order valence-corrected chi connectivity index (χ3v) is 7.29. The van der Waals surface area contributed by atoms with Crippen molar-refractivity contribution in [2.75, 3.05) is 12.4 Å². The quantitative estimate of drug-likeness (QED) is 0.331. The van der Waals surface area contributed by atoms with Gasteiger partial charge in [0.2, 0.25) is 0 Å². The van der Waals surface area contributed by atoms with Gasteiger partial charge in [-0.1, -0.05) is 18.2 Å². The first kappa shape index (κ1) is 23.3. The Bertz CT molecular complexity index is 1400. The fourth-order valence-electron chi connectivity index (χ4n) is 5.08. The van der Waals surface area contributed by atoms with Crippen LogP contribution >= 0.6 is 11.3 Å². The molecule has 5 nitrogen and oxygen atoms in total. The number of allylic oxidation sites excluding steroid dienone is 1. The topological polar surface area (TPSA) is 71.0 Å². The van der Waals surface area contributed by atoms with Crippen molar-refractivity contribution >= 4 is 34.4 Å².